The third-order valence-electron chi connectivity index (χ3n) is 2.47. The van der Waals surface area contributed by atoms with Gasteiger partial charge in [-0.15, -0.1) is 0 Å². The van der Waals surface area contributed by atoms with Crippen LogP contribution in [0.5, 0.6) is 5.88 Å². The molecule has 0 saturated carbocycles. The number of hydrogen-bond donors (Lipinski definition) is 0. The zero-order valence-corrected chi connectivity index (χ0v) is 11.1. The van der Waals surface area contributed by atoms with Crippen molar-refractivity contribution in [3.8, 4) is 5.88 Å². The molecule has 0 atom stereocenters. The Hall–Kier alpha value is -2.07. The highest BCUT2D eigenvalue weighted by molar-refractivity contribution is 6.33. The number of carbonyl (C=O) groups excluding carboxylic acids is 1. The van der Waals surface area contributed by atoms with E-state index in [1.54, 1.807) is 0 Å². The Morgan fingerprint density at radius 2 is 2.05 bits per heavy atom. The molecule has 0 aliphatic heterocycles. The summed E-state index contributed by atoms with van der Waals surface area (Å²) in [6.07, 6.45) is 1.37. The molecule has 2 aromatic rings. The minimum atomic E-state index is -0.517. The van der Waals surface area contributed by atoms with Crippen LogP contribution in [0.2, 0.25) is 5.02 Å². The van der Waals surface area contributed by atoms with E-state index in [4.69, 9.17) is 16.3 Å². The highest BCUT2D eigenvalue weighted by Crippen LogP contribution is 2.20. The number of carbonyl (C=O) groups is 1. The van der Waals surface area contributed by atoms with Crippen LogP contribution in [0.1, 0.15) is 15.9 Å². The number of halogens is 1. The van der Waals surface area contributed by atoms with Gasteiger partial charge in [-0.05, 0) is 5.56 Å². The normalized spacial score (nSPS) is 10.0. The van der Waals surface area contributed by atoms with Crippen molar-refractivity contribution >= 4 is 17.6 Å². The van der Waals surface area contributed by atoms with Gasteiger partial charge in [-0.3, -0.25) is 0 Å². The summed E-state index contributed by atoms with van der Waals surface area (Å²) >= 11 is 5.87. The third kappa shape index (κ3) is 3.45. The van der Waals surface area contributed by atoms with Gasteiger partial charge in [0.25, 0.3) is 0 Å². The molecule has 19 heavy (non-hydrogen) atoms. The number of pyridine rings is 1. The Morgan fingerprint density at radius 1 is 1.32 bits per heavy atom. The second kappa shape index (κ2) is 6.20. The Bertz CT molecular complexity index is 572. The number of methoxy groups -OCH3 is 1. The van der Waals surface area contributed by atoms with Gasteiger partial charge in [0.1, 0.15) is 6.61 Å². The van der Waals surface area contributed by atoms with E-state index in [-0.39, 0.29) is 10.6 Å². The second-order valence-electron chi connectivity index (χ2n) is 3.77. The molecule has 1 aromatic carbocycles. The SMILES string of the molecule is COC(=O)c1cc(OCc2ccccc2)ncc1Cl. The summed E-state index contributed by atoms with van der Waals surface area (Å²) in [5.74, 6) is -0.189. The Kier molecular flexibility index (Phi) is 4.36. The molecule has 4 nitrogen and oxygen atoms in total. The molecule has 0 N–H and O–H groups in total. The molecule has 0 fully saturated rings. The molecule has 5 heteroatoms. The van der Waals surface area contributed by atoms with Gasteiger partial charge in [0.15, 0.2) is 0 Å². The van der Waals surface area contributed by atoms with Crippen LogP contribution in [0.15, 0.2) is 42.6 Å². The van der Waals surface area contributed by atoms with Gasteiger partial charge in [-0.1, -0.05) is 41.9 Å². The zero-order valence-electron chi connectivity index (χ0n) is 10.3. The fourth-order valence-electron chi connectivity index (χ4n) is 1.50. The molecule has 0 bridgehead atoms. The van der Waals surface area contributed by atoms with Crippen molar-refractivity contribution in [2.75, 3.05) is 7.11 Å². The average molecular weight is 278 g/mol. The molecule has 0 radical (unpaired) electrons. The number of esters is 1. The van der Waals surface area contributed by atoms with Crippen LogP contribution in [0, 0.1) is 0 Å². The van der Waals surface area contributed by atoms with Crippen molar-refractivity contribution in [2.45, 2.75) is 6.61 Å². The van der Waals surface area contributed by atoms with E-state index in [2.05, 4.69) is 9.72 Å². The van der Waals surface area contributed by atoms with Crippen molar-refractivity contribution in [1.29, 1.82) is 0 Å². The fourth-order valence-corrected chi connectivity index (χ4v) is 1.68. The summed E-state index contributed by atoms with van der Waals surface area (Å²) < 4.78 is 10.1. The molecule has 1 aromatic heterocycles. The van der Waals surface area contributed by atoms with E-state index in [0.29, 0.717) is 12.5 Å². The highest BCUT2D eigenvalue weighted by atomic mass is 35.5. The highest BCUT2D eigenvalue weighted by Gasteiger charge is 2.12. The van der Waals surface area contributed by atoms with E-state index in [1.807, 2.05) is 30.3 Å². The Labute approximate surface area is 115 Å². The molecule has 1 heterocycles. The van der Waals surface area contributed by atoms with E-state index in [1.165, 1.54) is 19.4 Å². The molecule has 0 aliphatic carbocycles. The first-order valence-corrected chi connectivity index (χ1v) is 5.99. The molecule has 0 spiro atoms. The molecule has 2 rings (SSSR count). The van der Waals surface area contributed by atoms with E-state index in [9.17, 15) is 4.79 Å². The fraction of sp³-hybridized carbons (Fsp3) is 0.143. The van der Waals surface area contributed by atoms with Crippen molar-refractivity contribution in [3.05, 3.63) is 58.7 Å². The maximum absolute atomic E-state index is 11.5. The van der Waals surface area contributed by atoms with Crippen LogP contribution in [0.25, 0.3) is 0 Å². The van der Waals surface area contributed by atoms with Crippen molar-refractivity contribution in [1.82, 2.24) is 4.98 Å². The molecule has 98 valence electrons. The maximum atomic E-state index is 11.5. The molecule has 0 saturated heterocycles. The Morgan fingerprint density at radius 3 is 2.74 bits per heavy atom. The summed E-state index contributed by atoms with van der Waals surface area (Å²) in [5.41, 5.74) is 1.25. The van der Waals surface area contributed by atoms with Gasteiger partial charge in [0.2, 0.25) is 5.88 Å². The number of benzene rings is 1. The number of ether oxygens (including phenoxy) is 2. The van der Waals surface area contributed by atoms with E-state index in [0.717, 1.165) is 5.56 Å². The van der Waals surface area contributed by atoms with Crippen LogP contribution in [-0.2, 0) is 11.3 Å². The third-order valence-corrected chi connectivity index (χ3v) is 2.77. The van der Waals surface area contributed by atoms with Crippen LogP contribution in [0.3, 0.4) is 0 Å². The van der Waals surface area contributed by atoms with Crippen LogP contribution in [0.4, 0.5) is 0 Å². The largest absolute Gasteiger partial charge is 0.473 e. The van der Waals surface area contributed by atoms with Crippen LogP contribution in [-0.4, -0.2) is 18.1 Å². The Balaban J connectivity index is 2.11. The standard InChI is InChI=1S/C14H12ClNO3/c1-18-14(17)11-7-13(16-8-12(11)15)19-9-10-5-3-2-4-6-10/h2-8H,9H2,1H3. The van der Waals surface area contributed by atoms with E-state index >= 15 is 0 Å². The van der Waals surface area contributed by atoms with Gasteiger partial charge >= 0.3 is 5.97 Å². The molecule has 0 amide bonds. The smallest absolute Gasteiger partial charge is 0.339 e. The number of hydrogen-bond acceptors (Lipinski definition) is 4. The molecular formula is C14H12ClNO3. The first-order chi connectivity index (χ1) is 9.20. The van der Waals surface area contributed by atoms with Crippen LogP contribution < -0.4 is 4.74 Å². The van der Waals surface area contributed by atoms with Gasteiger partial charge in [-0.2, -0.15) is 0 Å². The van der Waals surface area contributed by atoms with E-state index < -0.39 is 5.97 Å². The topological polar surface area (TPSA) is 48.4 Å². The van der Waals surface area contributed by atoms with Crippen LogP contribution >= 0.6 is 11.6 Å². The lowest BCUT2D eigenvalue weighted by atomic mass is 10.2. The molecule has 0 aliphatic rings. The summed E-state index contributed by atoms with van der Waals surface area (Å²) in [4.78, 5) is 15.5. The minimum Gasteiger partial charge on any atom is -0.473 e. The lowest BCUT2D eigenvalue weighted by Crippen LogP contribution is -2.04. The maximum Gasteiger partial charge on any atom is 0.339 e. The van der Waals surface area contributed by atoms with Gasteiger partial charge in [0, 0.05) is 6.07 Å². The quantitative estimate of drug-likeness (QED) is 0.806. The van der Waals surface area contributed by atoms with Gasteiger partial charge < -0.3 is 9.47 Å². The second-order valence-corrected chi connectivity index (χ2v) is 4.18. The number of aromatic nitrogens is 1. The molecular weight excluding hydrogens is 266 g/mol. The lowest BCUT2D eigenvalue weighted by Gasteiger charge is -2.07. The first kappa shape index (κ1) is 13.4. The summed E-state index contributed by atoms with van der Waals surface area (Å²) in [6, 6.07) is 11.1. The summed E-state index contributed by atoms with van der Waals surface area (Å²) in [5, 5.41) is 0.235. The first-order valence-electron chi connectivity index (χ1n) is 5.61. The minimum absolute atomic E-state index is 0.235. The summed E-state index contributed by atoms with van der Waals surface area (Å²) in [7, 11) is 1.30. The monoisotopic (exact) mass is 277 g/mol. The lowest BCUT2D eigenvalue weighted by molar-refractivity contribution is 0.0600. The van der Waals surface area contributed by atoms with Crippen molar-refractivity contribution in [3.63, 3.8) is 0 Å². The zero-order chi connectivity index (χ0) is 13.7. The predicted molar refractivity (Wildman–Crippen MR) is 71.4 cm³/mol. The molecule has 0 unspecified atom stereocenters. The van der Waals surface area contributed by atoms with Crippen molar-refractivity contribution in [2.24, 2.45) is 0 Å². The number of nitrogens with zero attached hydrogens (tertiary/aromatic N) is 1. The number of rotatable bonds is 4. The van der Waals surface area contributed by atoms with Crippen molar-refractivity contribution < 1.29 is 14.3 Å². The predicted octanol–water partition coefficient (Wildman–Crippen LogP) is 3.10. The van der Waals surface area contributed by atoms with Gasteiger partial charge in [0.05, 0.1) is 23.9 Å². The average Bonchev–Trinajstić information content (AvgIpc) is 2.46. The summed E-state index contributed by atoms with van der Waals surface area (Å²) in [6.45, 7) is 0.371. The van der Waals surface area contributed by atoms with Gasteiger partial charge in [-0.25, -0.2) is 9.78 Å².